The van der Waals surface area contributed by atoms with Crippen LogP contribution in [0.2, 0.25) is 0 Å². The van der Waals surface area contributed by atoms with E-state index >= 15 is 0 Å². The van der Waals surface area contributed by atoms with Gasteiger partial charge in [0.2, 0.25) is 0 Å². The van der Waals surface area contributed by atoms with E-state index in [0.29, 0.717) is 0 Å². The third-order valence-corrected chi connectivity index (χ3v) is 3.37. The van der Waals surface area contributed by atoms with Gasteiger partial charge in [-0.2, -0.15) is 0 Å². The molecule has 4 nitrogen and oxygen atoms in total. The summed E-state index contributed by atoms with van der Waals surface area (Å²) in [6.45, 7) is 17.4. The van der Waals surface area contributed by atoms with Gasteiger partial charge in [0.15, 0.2) is 0 Å². The van der Waals surface area contributed by atoms with Crippen LogP contribution in [-0.2, 0) is 14.3 Å². The van der Waals surface area contributed by atoms with Crippen LogP contribution in [0.4, 0.5) is 0 Å². The molecule has 0 rings (SSSR count). The van der Waals surface area contributed by atoms with Gasteiger partial charge in [0.1, 0.15) is 0 Å². The molecule has 0 spiro atoms. The highest BCUT2D eigenvalue weighted by atomic mass is 16.5. The van der Waals surface area contributed by atoms with Crippen molar-refractivity contribution in [2.24, 2.45) is 28.1 Å². The number of carboxylic acids is 1. The quantitative estimate of drug-likeness (QED) is 0.797. The Labute approximate surface area is 129 Å². The number of ether oxygens (including phenoxy) is 1. The average Bonchev–Trinajstić information content (AvgIpc) is 2.17. The fourth-order valence-electron chi connectivity index (χ4n) is 2.38. The van der Waals surface area contributed by atoms with Crippen molar-refractivity contribution in [1.29, 1.82) is 0 Å². The maximum Gasteiger partial charge on any atom is 0.310 e. The number of carbonyl (C=O) groups excluding carboxylic acids is 1. The van der Waals surface area contributed by atoms with E-state index in [1.807, 2.05) is 62.3 Å². The Kier molecular flexibility index (Phi) is 6.05. The van der Waals surface area contributed by atoms with Crippen LogP contribution in [0.3, 0.4) is 0 Å². The van der Waals surface area contributed by atoms with Crippen molar-refractivity contribution < 1.29 is 19.4 Å². The molecule has 0 aliphatic carbocycles. The minimum atomic E-state index is -0.949. The van der Waals surface area contributed by atoms with Crippen LogP contribution < -0.4 is 0 Å². The van der Waals surface area contributed by atoms with Crippen molar-refractivity contribution in [1.82, 2.24) is 0 Å². The molecule has 124 valence electrons. The minimum Gasteiger partial charge on any atom is -0.481 e. The standard InChI is InChI=1S/C17H32O4/c1-15(2,3)10-21-14(20)12(17(7,8)9)11(13(18)19)16(4,5)6/h11-12H,10H2,1-9H3,(H,18,19). The lowest BCUT2D eigenvalue weighted by Crippen LogP contribution is -2.46. The Hall–Kier alpha value is -1.06. The second-order valence-corrected chi connectivity index (χ2v) is 9.19. The van der Waals surface area contributed by atoms with Gasteiger partial charge in [0, 0.05) is 0 Å². The van der Waals surface area contributed by atoms with Gasteiger partial charge in [0.25, 0.3) is 0 Å². The first-order valence-corrected chi connectivity index (χ1v) is 7.47. The molecule has 1 N–H and O–H groups in total. The van der Waals surface area contributed by atoms with Gasteiger partial charge in [-0.05, 0) is 16.2 Å². The number of carbonyl (C=O) groups is 2. The number of hydrogen-bond donors (Lipinski definition) is 1. The normalized spacial score (nSPS) is 16.2. The number of carboxylic acid groups (broad SMARTS) is 1. The van der Waals surface area contributed by atoms with E-state index in [1.54, 1.807) is 0 Å². The van der Waals surface area contributed by atoms with Crippen LogP contribution >= 0.6 is 0 Å². The van der Waals surface area contributed by atoms with Crippen molar-refractivity contribution in [3.8, 4) is 0 Å². The smallest absolute Gasteiger partial charge is 0.310 e. The van der Waals surface area contributed by atoms with E-state index in [9.17, 15) is 14.7 Å². The molecular weight excluding hydrogens is 268 g/mol. The van der Waals surface area contributed by atoms with E-state index in [2.05, 4.69) is 0 Å². The molecule has 0 aromatic carbocycles. The summed E-state index contributed by atoms with van der Waals surface area (Å²) in [6, 6.07) is 0. The molecule has 0 heterocycles. The molecule has 0 radical (unpaired) electrons. The zero-order valence-electron chi connectivity index (χ0n) is 15.0. The lowest BCUT2D eigenvalue weighted by atomic mass is 9.64. The highest BCUT2D eigenvalue weighted by Gasteiger charge is 2.48. The Morgan fingerprint density at radius 2 is 1.24 bits per heavy atom. The molecule has 0 bridgehead atoms. The molecule has 0 aliphatic rings. The van der Waals surface area contributed by atoms with Crippen LogP contribution in [0, 0.1) is 28.1 Å². The lowest BCUT2D eigenvalue weighted by molar-refractivity contribution is -0.169. The van der Waals surface area contributed by atoms with Crippen LogP contribution in [0.5, 0.6) is 0 Å². The predicted molar refractivity (Wildman–Crippen MR) is 83.9 cm³/mol. The molecule has 0 saturated heterocycles. The first-order chi connectivity index (χ1) is 9.07. The van der Waals surface area contributed by atoms with Crippen molar-refractivity contribution in [2.45, 2.75) is 62.3 Å². The maximum atomic E-state index is 12.5. The third kappa shape index (κ3) is 6.49. The van der Waals surface area contributed by atoms with Gasteiger partial charge in [-0.25, -0.2) is 0 Å². The van der Waals surface area contributed by atoms with E-state index < -0.39 is 34.6 Å². The van der Waals surface area contributed by atoms with Gasteiger partial charge in [-0.1, -0.05) is 62.3 Å². The van der Waals surface area contributed by atoms with E-state index in [1.165, 1.54) is 0 Å². The largest absolute Gasteiger partial charge is 0.481 e. The second-order valence-electron chi connectivity index (χ2n) is 9.19. The summed E-state index contributed by atoms with van der Waals surface area (Å²) in [6.07, 6.45) is 0. The first kappa shape index (κ1) is 19.9. The maximum absolute atomic E-state index is 12.5. The predicted octanol–water partition coefficient (Wildman–Crippen LogP) is 3.98. The highest BCUT2D eigenvalue weighted by Crippen LogP contribution is 2.42. The van der Waals surface area contributed by atoms with Gasteiger partial charge in [-0.15, -0.1) is 0 Å². The second kappa shape index (κ2) is 6.37. The van der Waals surface area contributed by atoms with Gasteiger partial charge in [-0.3, -0.25) is 9.59 Å². The minimum absolute atomic E-state index is 0.140. The number of esters is 1. The number of hydrogen-bond acceptors (Lipinski definition) is 3. The van der Waals surface area contributed by atoms with Crippen LogP contribution in [0.1, 0.15) is 62.3 Å². The van der Waals surface area contributed by atoms with E-state index in [0.717, 1.165) is 0 Å². The summed E-state index contributed by atoms with van der Waals surface area (Å²) in [7, 11) is 0. The van der Waals surface area contributed by atoms with E-state index in [-0.39, 0.29) is 12.0 Å². The summed E-state index contributed by atoms with van der Waals surface area (Å²) in [5, 5.41) is 9.61. The summed E-state index contributed by atoms with van der Waals surface area (Å²) >= 11 is 0. The van der Waals surface area contributed by atoms with Gasteiger partial charge < -0.3 is 9.84 Å². The Morgan fingerprint density at radius 1 is 0.857 bits per heavy atom. The molecule has 0 aliphatic heterocycles. The SMILES string of the molecule is CC(C)(C)COC(=O)C(C(C(=O)O)C(C)(C)C)C(C)(C)C. The summed E-state index contributed by atoms with van der Waals surface area (Å²) < 4.78 is 5.42. The number of rotatable bonds is 4. The fourth-order valence-corrected chi connectivity index (χ4v) is 2.38. The van der Waals surface area contributed by atoms with Crippen LogP contribution in [-0.4, -0.2) is 23.7 Å². The average molecular weight is 300 g/mol. The zero-order chi connectivity index (χ0) is 17.2. The molecule has 0 aromatic rings. The Morgan fingerprint density at radius 3 is 1.48 bits per heavy atom. The third-order valence-electron chi connectivity index (χ3n) is 3.37. The first-order valence-electron chi connectivity index (χ1n) is 7.47. The topological polar surface area (TPSA) is 63.6 Å². The van der Waals surface area contributed by atoms with Gasteiger partial charge in [0.05, 0.1) is 18.4 Å². The molecule has 2 atom stereocenters. The van der Waals surface area contributed by atoms with Crippen molar-refractivity contribution in [3.63, 3.8) is 0 Å². The Bertz CT molecular complexity index is 377. The highest BCUT2D eigenvalue weighted by molar-refractivity contribution is 5.82. The van der Waals surface area contributed by atoms with Crippen molar-refractivity contribution >= 4 is 11.9 Å². The van der Waals surface area contributed by atoms with Crippen molar-refractivity contribution in [3.05, 3.63) is 0 Å². The summed E-state index contributed by atoms with van der Waals surface area (Å²) in [4.78, 5) is 24.3. The molecule has 0 amide bonds. The molecule has 0 fully saturated rings. The molecule has 21 heavy (non-hydrogen) atoms. The fraction of sp³-hybridized carbons (Fsp3) is 0.882. The van der Waals surface area contributed by atoms with Crippen LogP contribution in [0.25, 0.3) is 0 Å². The van der Waals surface area contributed by atoms with Crippen molar-refractivity contribution in [2.75, 3.05) is 6.61 Å². The molecule has 0 aromatic heterocycles. The molecule has 4 heteroatoms. The number of aliphatic carboxylic acids is 1. The molecule has 2 unspecified atom stereocenters. The van der Waals surface area contributed by atoms with E-state index in [4.69, 9.17) is 4.74 Å². The summed E-state index contributed by atoms with van der Waals surface area (Å²) in [5.74, 6) is -2.84. The summed E-state index contributed by atoms with van der Waals surface area (Å²) in [5.41, 5.74) is -1.14. The Balaban J connectivity index is 5.49. The van der Waals surface area contributed by atoms with Crippen LogP contribution in [0.15, 0.2) is 0 Å². The molecular formula is C17H32O4. The molecule has 0 saturated carbocycles. The monoisotopic (exact) mass is 300 g/mol. The lowest BCUT2D eigenvalue weighted by Gasteiger charge is -2.39. The van der Waals surface area contributed by atoms with Gasteiger partial charge >= 0.3 is 11.9 Å². The zero-order valence-corrected chi connectivity index (χ0v) is 15.0.